The van der Waals surface area contributed by atoms with E-state index in [4.69, 9.17) is 4.74 Å². The number of nitrogens with one attached hydrogen (secondary N) is 1. The molecule has 6 rings (SSSR count). The quantitative estimate of drug-likeness (QED) is 0.339. The second kappa shape index (κ2) is 11.1. The third kappa shape index (κ3) is 5.82. The molecule has 2 heterocycles. The smallest absolute Gasteiger partial charge is 0.410 e. The van der Waals surface area contributed by atoms with E-state index in [1.807, 2.05) is 30.3 Å². The lowest BCUT2D eigenvalue weighted by Crippen LogP contribution is -2.62. The molecule has 0 bridgehead atoms. The van der Waals surface area contributed by atoms with Gasteiger partial charge in [0.2, 0.25) is 0 Å². The monoisotopic (exact) mass is 558 g/mol. The van der Waals surface area contributed by atoms with Gasteiger partial charge in [0.15, 0.2) is 0 Å². The van der Waals surface area contributed by atoms with E-state index in [-0.39, 0.29) is 43.1 Å². The molecular formula is C31H28F2N4O4. The van der Waals surface area contributed by atoms with Gasteiger partial charge in [-0.1, -0.05) is 36.4 Å². The van der Waals surface area contributed by atoms with E-state index < -0.39 is 29.2 Å². The van der Waals surface area contributed by atoms with Gasteiger partial charge in [0, 0.05) is 31.4 Å². The number of fused-ring (bicyclic) bond motifs is 1. The van der Waals surface area contributed by atoms with Crippen molar-refractivity contribution >= 4 is 22.8 Å². The normalized spacial score (nSPS) is 15.0. The molecule has 0 atom stereocenters. The van der Waals surface area contributed by atoms with Crippen molar-refractivity contribution in [1.29, 1.82) is 0 Å². The van der Waals surface area contributed by atoms with E-state index in [1.165, 1.54) is 29.2 Å². The Balaban J connectivity index is 1.13. The lowest BCUT2D eigenvalue weighted by molar-refractivity contribution is 0.0163. The molecule has 2 fully saturated rings. The summed E-state index contributed by atoms with van der Waals surface area (Å²) in [6.45, 7) is 1.32. The third-order valence-electron chi connectivity index (χ3n) is 7.64. The molecule has 0 spiro atoms. The van der Waals surface area contributed by atoms with Crippen LogP contribution in [-0.4, -0.2) is 57.7 Å². The first-order valence-corrected chi connectivity index (χ1v) is 13.6. The van der Waals surface area contributed by atoms with Crippen molar-refractivity contribution in [2.45, 2.75) is 31.9 Å². The standard InChI is InChI=1S/C31H28F2N4O4/c32-22-9-10-24-25(14-22)29(38)35-34-28(24)13-21-8-11-27(33)26(12-21)30(39)36-16-23(17-36)37(15-19-6-7-19)31(40)41-18-20-4-2-1-3-5-20/h1-5,8-12,14,19,23H,6-7,13,15-18H2,(H,35,38). The fourth-order valence-electron chi connectivity index (χ4n) is 5.11. The summed E-state index contributed by atoms with van der Waals surface area (Å²) in [7, 11) is 0. The van der Waals surface area contributed by atoms with E-state index in [2.05, 4.69) is 10.2 Å². The summed E-state index contributed by atoms with van der Waals surface area (Å²) in [4.78, 5) is 41.6. The number of likely N-dealkylation sites (tertiary alicyclic amines) is 1. The van der Waals surface area contributed by atoms with Gasteiger partial charge in [-0.25, -0.2) is 18.7 Å². The van der Waals surface area contributed by atoms with Gasteiger partial charge in [0.25, 0.3) is 11.5 Å². The Labute approximate surface area is 234 Å². The van der Waals surface area contributed by atoms with Crippen molar-refractivity contribution in [2.24, 2.45) is 5.92 Å². The number of hydrogen-bond acceptors (Lipinski definition) is 5. The van der Waals surface area contributed by atoms with Crippen molar-refractivity contribution in [3.8, 4) is 0 Å². The molecule has 2 amide bonds. The van der Waals surface area contributed by atoms with Gasteiger partial charge in [0.1, 0.15) is 18.2 Å². The molecule has 1 aromatic heterocycles. The highest BCUT2D eigenvalue weighted by atomic mass is 19.1. The molecule has 0 radical (unpaired) electrons. The molecule has 0 unspecified atom stereocenters. The van der Waals surface area contributed by atoms with Crippen LogP contribution in [0.2, 0.25) is 0 Å². The zero-order valence-electron chi connectivity index (χ0n) is 22.2. The highest BCUT2D eigenvalue weighted by molar-refractivity contribution is 5.95. The minimum absolute atomic E-state index is 0.0823. The maximum Gasteiger partial charge on any atom is 0.410 e. The molecule has 1 aliphatic carbocycles. The Hall–Kier alpha value is -4.60. The minimum atomic E-state index is -0.652. The molecule has 4 aromatic rings. The Bertz CT molecular complexity index is 1670. The molecule has 1 N–H and O–H groups in total. The van der Waals surface area contributed by atoms with Crippen molar-refractivity contribution in [3.63, 3.8) is 0 Å². The first-order valence-electron chi connectivity index (χ1n) is 13.6. The zero-order chi connectivity index (χ0) is 28.5. The second-order valence-corrected chi connectivity index (χ2v) is 10.7. The number of amides is 2. The summed E-state index contributed by atoms with van der Waals surface area (Å²) in [5, 5.41) is 7.12. The van der Waals surface area contributed by atoms with Crippen LogP contribution in [0.1, 0.15) is 40.0 Å². The van der Waals surface area contributed by atoms with Gasteiger partial charge in [0.05, 0.1) is 22.7 Å². The number of carbonyl (C=O) groups excluding carboxylic acids is 2. The van der Waals surface area contributed by atoms with Crippen molar-refractivity contribution < 1.29 is 23.1 Å². The molecular weight excluding hydrogens is 530 g/mol. The first-order chi connectivity index (χ1) is 19.9. The number of benzene rings is 3. The van der Waals surface area contributed by atoms with Gasteiger partial charge < -0.3 is 14.5 Å². The number of aromatic amines is 1. The number of nitrogens with zero attached hydrogens (tertiary/aromatic N) is 3. The van der Waals surface area contributed by atoms with Crippen LogP contribution in [-0.2, 0) is 17.8 Å². The average Bonchev–Trinajstić information content (AvgIpc) is 3.78. The van der Waals surface area contributed by atoms with Crippen molar-refractivity contribution in [1.82, 2.24) is 20.0 Å². The number of aromatic nitrogens is 2. The second-order valence-electron chi connectivity index (χ2n) is 10.7. The molecule has 3 aromatic carbocycles. The minimum Gasteiger partial charge on any atom is -0.445 e. The summed E-state index contributed by atoms with van der Waals surface area (Å²) >= 11 is 0. The topological polar surface area (TPSA) is 95.6 Å². The van der Waals surface area contributed by atoms with E-state index in [1.54, 1.807) is 11.0 Å². The maximum absolute atomic E-state index is 14.8. The molecule has 1 saturated carbocycles. The Morgan fingerprint density at radius 2 is 1.76 bits per heavy atom. The number of H-pyrrole nitrogens is 1. The SMILES string of the molecule is O=C(c1cc(Cc2n[nH]c(=O)c3cc(F)ccc23)ccc1F)N1CC(N(CC2CC2)C(=O)OCc2ccccc2)C1. The highest BCUT2D eigenvalue weighted by Gasteiger charge is 2.41. The van der Waals surface area contributed by atoms with Crippen LogP contribution in [0.3, 0.4) is 0 Å². The number of halogens is 2. The lowest BCUT2D eigenvalue weighted by Gasteiger charge is -2.45. The molecule has 2 aliphatic rings. The number of rotatable bonds is 8. The average molecular weight is 559 g/mol. The number of hydrogen-bond donors (Lipinski definition) is 1. The van der Waals surface area contributed by atoms with Crippen LogP contribution in [0, 0.1) is 17.6 Å². The number of carbonyl (C=O) groups is 2. The van der Waals surface area contributed by atoms with Crippen LogP contribution in [0.25, 0.3) is 10.8 Å². The zero-order valence-corrected chi connectivity index (χ0v) is 22.2. The summed E-state index contributed by atoms with van der Waals surface area (Å²) in [5.41, 5.74) is 1.38. The molecule has 10 heteroatoms. The first kappa shape index (κ1) is 26.6. The summed E-state index contributed by atoms with van der Waals surface area (Å²) in [6.07, 6.45) is 1.91. The van der Waals surface area contributed by atoms with E-state index >= 15 is 0 Å². The Kier molecular flexibility index (Phi) is 7.21. The predicted molar refractivity (Wildman–Crippen MR) is 147 cm³/mol. The van der Waals surface area contributed by atoms with Crippen molar-refractivity contribution in [2.75, 3.05) is 19.6 Å². The molecule has 1 aliphatic heterocycles. The maximum atomic E-state index is 14.8. The molecule has 1 saturated heterocycles. The van der Waals surface area contributed by atoms with Crippen LogP contribution >= 0.6 is 0 Å². The molecule has 41 heavy (non-hydrogen) atoms. The van der Waals surface area contributed by atoms with Gasteiger partial charge >= 0.3 is 6.09 Å². The van der Waals surface area contributed by atoms with Crippen LogP contribution in [0.4, 0.5) is 13.6 Å². The lowest BCUT2D eigenvalue weighted by atomic mass is 10.00. The van der Waals surface area contributed by atoms with E-state index in [0.717, 1.165) is 24.5 Å². The summed E-state index contributed by atoms with van der Waals surface area (Å²) < 4.78 is 34.1. The van der Waals surface area contributed by atoms with Gasteiger partial charge in [-0.2, -0.15) is 5.10 Å². The molecule has 8 nitrogen and oxygen atoms in total. The largest absolute Gasteiger partial charge is 0.445 e. The van der Waals surface area contributed by atoms with Gasteiger partial charge in [-0.3, -0.25) is 9.59 Å². The fourth-order valence-corrected chi connectivity index (χ4v) is 5.11. The van der Waals surface area contributed by atoms with Gasteiger partial charge in [-0.15, -0.1) is 0 Å². The molecule has 210 valence electrons. The summed E-state index contributed by atoms with van der Waals surface area (Å²) in [6, 6.07) is 17.4. The van der Waals surface area contributed by atoms with Crippen molar-refractivity contribution in [3.05, 3.63) is 111 Å². The van der Waals surface area contributed by atoms with E-state index in [0.29, 0.717) is 29.1 Å². The predicted octanol–water partition coefficient (Wildman–Crippen LogP) is 4.67. The van der Waals surface area contributed by atoms with Gasteiger partial charge in [-0.05, 0) is 60.2 Å². The van der Waals surface area contributed by atoms with E-state index in [9.17, 15) is 23.2 Å². The van der Waals surface area contributed by atoms with Crippen LogP contribution in [0.5, 0.6) is 0 Å². The Morgan fingerprint density at radius 3 is 2.51 bits per heavy atom. The highest BCUT2D eigenvalue weighted by Crippen LogP contribution is 2.32. The third-order valence-corrected chi connectivity index (χ3v) is 7.64. The fraction of sp³-hybridized carbons (Fsp3) is 0.290. The Morgan fingerprint density at radius 1 is 0.976 bits per heavy atom. The number of ether oxygens (including phenoxy) is 1. The summed E-state index contributed by atoms with van der Waals surface area (Å²) in [5.74, 6) is -1.22. The van der Waals surface area contributed by atoms with Crippen LogP contribution in [0.15, 0.2) is 71.5 Å². The van der Waals surface area contributed by atoms with Crippen LogP contribution < -0.4 is 5.56 Å².